The maximum atomic E-state index is 12.6. The quantitative estimate of drug-likeness (QED) is 0.873. The first-order valence-corrected chi connectivity index (χ1v) is 8.94. The molecule has 1 aliphatic heterocycles. The first-order chi connectivity index (χ1) is 12.1. The molecular formula is C19H24N2O4. The Morgan fingerprint density at radius 1 is 1.04 bits per heavy atom. The number of nitrogens with zero attached hydrogens (tertiary/aromatic N) is 1. The number of hydrogen-bond donors (Lipinski definition) is 2. The number of carbonyl (C=O) groups excluding carboxylic acids is 2. The molecule has 6 heteroatoms. The normalized spacial score (nSPS) is 26.2. The number of rotatable bonds is 4. The number of carboxylic acids is 1. The minimum atomic E-state index is -0.840. The molecule has 1 aromatic carbocycles. The fourth-order valence-corrected chi connectivity index (χ4v) is 3.87. The molecule has 1 heterocycles. The van der Waals surface area contributed by atoms with E-state index in [0.29, 0.717) is 31.5 Å². The Hall–Kier alpha value is -2.37. The number of carbonyl (C=O) groups is 3. The van der Waals surface area contributed by atoms with Crippen molar-refractivity contribution in [2.24, 2.45) is 11.8 Å². The molecule has 0 radical (unpaired) electrons. The highest BCUT2D eigenvalue weighted by Gasteiger charge is 2.36. The minimum Gasteiger partial charge on any atom is -0.481 e. The molecule has 6 nitrogen and oxygen atoms in total. The van der Waals surface area contributed by atoms with E-state index in [1.807, 2.05) is 18.2 Å². The third-order valence-electron chi connectivity index (χ3n) is 5.26. The number of piperidine rings is 1. The third kappa shape index (κ3) is 4.00. The summed E-state index contributed by atoms with van der Waals surface area (Å²) in [6, 6.07) is 8.79. The number of amides is 2. The molecule has 0 bridgehead atoms. The predicted octanol–water partition coefficient (Wildman–Crippen LogP) is 1.91. The summed E-state index contributed by atoms with van der Waals surface area (Å²) >= 11 is 0. The first-order valence-electron chi connectivity index (χ1n) is 8.94. The van der Waals surface area contributed by atoms with Gasteiger partial charge in [0.1, 0.15) is 0 Å². The number of nitrogens with one attached hydrogen (secondary N) is 1. The molecule has 2 fully saturated rings. The van der Waals surface area contributed by atoms with E-state index in [1.165, 1.54) is 0 Å². The fourth-order valence-electron chi connectivity index (χ4n) is 3.87. The molecule has 2 N–H and O–H groups in total. The second kappa shape index (κ2) is 7.68. The van der Waals surface area contributed by atoms with Gasteiger partial charge < -0.3 is 15.3 Å². The van der Waals surface area contributed by atoms with E-state index in [9.17, 15) is 19.5 Å². The lowest BCUT2D eigenvalue weighted by Gasteiger charge is -2.33. The van der Waals surface area contributed by atoms with Crippen LogP contribution in [0.4, 0.5) is 0 Å². The maximum Gasteiger partial charge on any atom is 0.308 e. The number of likely N-dealkylation sites (tertiary alicyclic amines) is 1. The number of carboxylic acid groups (broad SMARTS) is 1. The highest BCUT2D eigenvalue weighted by Crippen LogP contribution is 2.27. The molecule has 2 aliphatic rings. The Kier molecular flexibility index (Phi) is 5.36. The molecule has 3 rings (SSSR count). The van der Waals surface area contributed by atoms with E-state index in [4.69, 9.17) is 0 Å². The molecule has 0 aromatic heterocycles. The summed E-state index contributed by atoms with van der Waals surface area (Å²) in [4.78, 5) is 38.1. The minimum absolute atomic E-state index is 0.0534. The molecule has 3 atom stereocenters. The SMILES string of the molecule is O=C(N[C@H]1CCC[C@H]1C(=O)O)C1CCCN(C(=O)c2ccccc2)C1. The van der Waals surface area contributed by atoms with E-state index in [0.717, 1.165) is 19.3 Å². The van der Waals surface area contributed by atoms with Gasteiger partial charge in [-0.1, -0.05) is 24.6 Å². The zero-order valence-corrected chi connectivity index (χ0v) is 14.2. The van der Waals surface area contributed by atoms with E-state index in [-0.39, 0.29) is 23.8 Å². The Bertz CT molecular complexity index is 646. The molecule has 134 valence electrons. The third-order valence-corrected chi connectivity index (χ3v) is 5.26. The van der Waals surface area contributed by atoms with Crippen molar-refractivity contribution in [1.29, 1.82) is 0 Å². The van der Waals surface area contributed by atoms with Gasteiger partial charge in [-0.2, -0.15) is 0 Å². The summed E-state index contributed by atoms with van der Waals surface area (Å²) in [6.45, 7) is 1.04. The Labute approximate surface area is 147 Å². The van der Waals surface area contributed by atoms with Crippen molar-refractivity contribution in [3.05, 3.63) is 35.9 Å². The van der Waals surface area contributed by atoms with Crippen LogP contribution in [0, 0.1) is 11.8 Å². The van der Waals surface area contributed by atoms with Gasteiger partial charge in [0, 0.05) is 24.7 Å². The summed E-state index contributed by atoms with van der Waals surface area (Å²) in [6.07, 6.45) is 3.66. The van der Waals surface area contributed by atoms with Gasteiger partial charge in [0.25, 0.3) is 5.91 Å². The summed E-state index contributed by atoms with van der Waals surface area (Å²) in [5.41, 5.74) is 0.630. The van der Waals surface area contributed by atoms with Crippen LogP contribution in [0.1, 0.15) is 42.5 Å². The van der Waals surface area contributed by atoms with E-state index in [2.05, 4.69) is 5.32 Å². The van der Waals surface area contributed by atoms with Gasteiger partial charge in [-0.3, -0.25) is 14.4 Å². The molecule has 1 saturated carbocycles. The highest BCUT2D eigenvalue weighted by atomic mass is 16.4. The van der Waals surface area contributed by atoms with Crippen molar-refractivity contribution >= 4 is 17.8 Å². The zero-order valence-electron chi connectivity index (χ0n) is 14.2. The summed E-state index contributed by atoms with van der Waals surface area (Å²) < 4.78 is 0. The van der Waals surface area contributed by atoms with Crippen molar-refractivity contribution in [3.8, 4) is 0 Å². The van der Waals surface area contributed by atoms with Gasteiger partial charge in [-0.25, -0.2) is 0 Å². The number of aliphatic carboxylic acids is 1. The van der Waals surface area contributed by atoms with Crippen molar-refractivity contribution < 1.29 is 19.5 Å². The fraction of sp³-hybridized carbons (Fsp3) is 0.526. The number of benzene rings is 1. The topological polar surface area (TPSA) is 86.7 Å². The van der Waals surface area contributed by atoms with E-state index >= 15 is 0 Å². The van der Waals surface area contributed by atoms with Crippen LogP contribution < -0.4 is 5.32 Å². The lowest BCUT2D eigenvalue weighted by Crippen LogP contribution is -2.49. The second-order valence-electron chi connectivity index (χ2n) is 6.95. The van der Waals surface area contributed by atoms with Crippen molar-refractivity contribution in [2.45, 2.75) is 38.1 Å². The van der Waals surface area contributed by atoms with Crippen LogP contribution >= 0.6 is 0 Å². The lowest BCUT2D eigenvalue weighted by atomic mass is 9.95. The van der Waals surface area contributed by atoms with Crippen LogP contribution in [-0.2, 0) is 9.59 Å². The molecule has 1 aliphatic carbocycles. The first kappa shape index (κ1) is 17.5. The molecular weight excluding hydrogens is 320 g/mol. The second-order valence-corrected chi connectivity index (χ2v) is 6.95. The summed E-state index contributed by atoms with van der Waals surface area (Å²) in [5.74, 6) is -1.77. The molecule has 25 heavy (non-hydrogen) atoms. The molecule has 1 saturated heterocycles. The van der Waals surface area contributed by atoms with Crippen LogP contribution in [-0.4, -0.2) is 46.9 Å². The van der Waals surface area contributed by atoms with Crippen LogP contribution in [0.3, 0.4) is 0 Å². The Morgan fingerprint density at radius 3 is 2.52 bits per heavy atom. The van der Waals surface area contributed by atoms with Crippen molar-refractivity contribution in [2.75, 3.05) is 13.1 Å². The Balaban J connectivity index is 1.60. The molecule has 2 amide bonds. The van der Waals surface area contributed by atoms with Gasteiger partial charge in [0.15, 0.2) is 0 Å². The maximum absolute atomic E-state index is 12.6. The average molecular weight is 344 g/mol. The van der Waals surface area contributed by atoms with Crippen LogP contribution in [0.2, 0.25) is 0 Å². The van der Waals surface area contributed by atoms with Gasteiger partial charge in [0.2, 0.25) is 5.91 Å². The average Bonchev–Trinajstić information content (AvgIpc) is 3.10. The molecule has 0 spiro atoms. The summed E-state index contributed by atoms with van der Waals surface area (Å²) in [5, 5.41) is 12.2. The predicted molar refractivity (Wildman–Crippen MR) is 92.0 cm³/mol. The summed E-state index contributed by atoms with van der Waals surface area (Å²) in [7, 11) is 0. The highest BCUT2D eigenvalue weighted by molar-refractivity contribution is 5.94. The van der Waals surface area contributed by atoms with Gasteiger partial charge in [-0.15, -0.1) is 0 Å². The van der Waals surface area contributed by atoms with Crippen molar-refractivity contribution in [3.63, 3.8) is 0 Å². The molecule has 1 unspecified atom stereocenters. The van der Waals surface area contributed by atoms with Crippen LogP contribution in [0.15, 0.2) is 30.3 Å². The van der Waals surface area contributed by atoms with Crippen molar-refractivity contribution in [1.82, 2.24) is 10.2 Å². The monoisotopic (exact) mass is 344 g/mol. The lowest BCUT2D eigenvalue weighted by molar-refractivity contribution is -0.142. The Morgan fingerprint density at radius 2 is 1.80 bits per heavy atom. The van der Waals surface area contributed by atoms with Gasteiger partial charge in [0.05, 0.1) is 11.8 Å². The largest absolute Gasteiger partial charge is 0.481 e. The number of hydrogen-bond acceptors (Lipinski definition) is 3. The van der Waals surface area contributed by atoms with Crippen LogP contribution in [0.5, 0.6) is 0 Å². The zero-order chi connectivity index (χ0) is 17.8. The standard InChI is InChI=1S/C19H24N2O4/c22-17(20-16-10-4-9-15(16)19(24)25)14-8-5-11-21(12-14)18(23)13-6-2-1-3-7-13/h1-3,6-7,14-16H,4-5,8-12H2,(H,20,22)(H,24,25)/t14?,15-,16+/m1/s1. The van der Waals surface area contributed by atoms with Gasteiger partial charge in [-0.05, 0) is 37.8 Å². The smallest absolute Gasteiger partial charge is 0.308 e. The van der Waals surface area contributed by atoms with Crippen LogP contribution in [0.25, 0.3) is 0 Å². The van der Waals surface area contributed by atoms with Gasteiger partial charge >= 0.3 is 5.97 Å². The van der Waals surface area contributed by atoms with E-state index < -0.39 is 11.9 Å². The molecule has 1 aromatic rings. The van der Waals surface area contributed by atoms with E-state index in [1.54, 1.807) is 17.0 Å².